The van der Waals surface area contributed by atoms with Crippen LogP contribution in [0.3, 0.4) is 0 Å². The minimum absolute atomic E-state index is 0.164. The van der Waals surface area contributed by atoms with Crippen LogP contribution in [0.1, 0.15) is 24.5 Å². The number of fused-ring (bicyclic) bond motifs is 2. The Morgan fingerprint density at radius 3 is 2.62 bits per heavy atom. The van der Waals surface area contributed by atoms with Crippen molar-refractivity contribution in [1.29, 1.82) is 0 Å². The first-order valence-electron chi connectivity index (χ1n) is 10.6. The van der Waals surface area contributed by atoms with Crippen LogP contribution in [0.4, 0.5) is 4.39 Å². The predicted molar refractivity (Wildman–Crippen MR) is 119 cm³/mol. The SMILES string of the molecule is Oc1cc(F)cc(-c2nccc3[nH]c(-c4n[nH]c5ccc(C6CCNCC6)nc45)nc23)c1. The molecule has 1 fully saturated rings. The molecule has 32 heavy (non-hydrogen) atoms. The largest absolute Gasteiger partial charge is 0.508 e. The first-order valence-corrected chi connectivity index (χ1v) is 10.6. The van der Waals surface area contributed by atoms with Gasteiger partial charge in [-0.25, -0.2) is 14.4 Å². The molecule has 160 valence electrons. The summed E-state index contributed by atoms with van der Waals surface area (Å²) in [6.45, 7) is 2.00. The first kappa shape index (κ1) is 18.9. The van der Waals surface area contributed by atoms with Gasteiger partial charge in [0.25, 0.3) is 0 Å². The first-order chi connectivity index (χ1) is 15.7. The lowest BCUT2D eigenvalue weighted by Crippen LogP contribution is -2.27. The molecule has 1 saturated heterocycles. The van der Waals surface area contributed by atoms with E-state index in [1.807, 2.05) is 6.07 Å². The number of hydrogen-bond donors (Lipinski definition) is 4. The van der Waals surface area contributed by atoms with Crippen molar-refractivity contribution in [2.45, 2.75) is 18.8 Å². The zero-order valence-electron chi connectivity index (χ0n) is 17.1. The summed E-state index contributed by atoms with van der Waals surface area (Å²) in [7, 11) is 0. The molecule has 8 nitrogen and oxygen atoms in total. The molecule has 1 aliphatic rings. The van der Waals surface area contributed by atoms with Crippen LogP contribution in [0.25, 0.3) is 44.8 Å². The van der Waals surface area contributed by atoms with E-state index in [-0.39, 0.29) is 5.75 Å². The molecule has 0 saturated carbocycles. The van der Waals surface area contributed by atoms with Crippen molar-refractivity contribution in [2.75, 3.05) is 13.1 Å². The minimum atomic E-state index is -0.539. The van der Waals surface area contributed by atoms with Gasteiger partial charge in [0.15, 0.2) is 11.5 Å². The molecule has 5 aromatic rings. The quantitative estimate of drug-likeness (QED) is 0.346. The van der Waals surface area contributed by atoms with Gasteiger partial charge in [-0.3, -0.25) is 10.1 Å². The zero-order chi connectivity index (χ0) is 21.7. The molecule has 4 N–H and O–H groups in total. The van der Waals surface area contributed by atoms with Gasteiger partial charge < -0.3 is 15.4 Å². The van der Waals surface area contributed by atoms with Crippen molar-refractivity contribution in [3.05, 3.63) is 54.1 Å². The molecule has 6 rings (SSSR count). The maximum absolute atomic E-state index is 13.9. The average Bonchev–Trinajstić information content (AvgIpc) is 3.42. The number of benzene rings is 1. The molecule has 0 amide bonds. The fourth-order valence-electron chi connectivity index (χ4n) is 4.39. The number of aromatic nitrogens is 6. The Morgan fingerprint density at radius 2 is 1.78 bits per heavy atom. The van der Waals surface area contributed by atoms with E-state index < -0.39 is 5.82 Å². The molecular weight excluding hydrogens is 409 g/mol. The van der Waals surface area contributed by atoms with Crippen LogP contribution in [0.5, 0.6) is 5.75 Å². The molecule has 0 radical (unpaired) electrons. The number of phenolic OH excluding ortho intramolecular Hbond substituents is 1. The van der Waals surface area contributed by atoms with Crippen LogP contribution in [-0.4, -0.2) is 48.3 Å². The minimum Gasteiger partial charge on any atom is -0.508 e. The van der Waals surface area contributed by atoms with E-state index in [2.05, 4.69) is 31.5 Å². The number of rotatable bonds is 3. The van der Waals surface area contributed by atoms with Gasteiger partial charge in [-0.1, -0.05) is 0 Å². The summed E-state index contributed by atoms with van der Waals surface area (Å²) in [5.41, 5.74) is 5.52. The summed E-state index contributed by atoms with van der Waals surface area (Å²) in [6, 6.07) is 9.74. The summed E-state index contributed by atoms with van der Waals surface area (Å²) in [5.74, 6) is 0.275. The van der Waals surface area contributed by atoms with Gasteiger partial charge in [0.05, 0.1) is 16.7 Å². The topological polar surface area (TPSA) is 115 Å². The Labute approximate surface area is 182 Å². The van der Waals surface area contributed by atoms with Crippen molar-refractivity contribution < 1.29 is 9.50 Å². The zero-order valence-corrected chi connectivity index (χ0v) is 17.1. The van der Waals surface area contributed by atoms with Crippen LogP contribution >= 0.6 is 0 Å². The van der Waals surface area contributed by atoms with Gasteiger partial charge in [-0.15, -0.1) is 0 Å². The molecule has 9 heteroatoms. The van der Waals surface area contributed by atoms with Crippen molar-refractivity contribution in [2.24, 2.45) is 0 Å². The number of hydrogen-bond acceptors (Lipinski definition) is 6. The lowest BCUT2D eigenvalue weighted by atomic mass is 9.94. The molecular formula is C23H20FN7O. The Hall–Kier alpha value is -3.85. The number of nitrogens with zero attached hydrogens (tertiary/aromatic N) is 4. The third-order valence-electron chi connectivity index (χ3n) is 5.97. The lowest BCUT2D eigenvalue weighted by Gasteiger charge is -2.22. The van der Waals surface area contributed by atoms with Crippen LogP contribution in [0.15, 0.2) is 42.6 Å². The second-order valence-corrected chi connectivity index (χ2v) is 8.07. The Kier molecular flexibility index (Phi) is 4.36. The van der Waals surface area contributed by atoms with Crippen molar-refractivity contribution >= 4 is 22.1 Å². The van der Waals surface area contributed by atoms with Gasteiger partial charge in [-0.2, -0.15) is 5.10 Å². The van der Waals surface area contributed by atoms with Crippen molar-refractivity contribution in [3.63, 3.8) is 0 Å². The highest BCUT2D eigenvalue weighted by molar-refractivity contribution is 5.94. The number of halogens is 1. The second-order valence-electron chi connectivity index (χ2n) is 8.07. The maximum atomic E-state index is 13.9. The Morgan fingerprint density at radius 1 is 0.938 bits per heavy atom. The average molecular weight is 429 g/mol. The van der Waals surface area contributed by atoms with Gasteiger partial charge in [0.1, 0.15) is 22.6 Å². The number of aromatic hydroxyl groups is 1. The summed E-state index contributed by atoms with van der Waals surface area (Å²) >= 11 is 0. The normalized spacial score (nSPS) is 15.0. The monoisotopic (exact) mass is 429 g/mol. The molecule has 0 bridgehead atoms. The number of imidazole rings is 1. The van der Waals surface area contributed by atoms with Crippen molar-refractivity contribution in [1.82, 2.24) is 35.5 Å². The van der Waals surface area contributed by atoms with Crippen LogP contribution in [0.2, 0.25) is 0 Å². The highest BCUT2D eigenvalue weighted by Crippen LogP contribution is 2.32. The van der Waals surface area contributed by atoms with Crippen molar-refractivity contribution in [3.8, 4) is 28.5 Å². The summed E-state index contributed by atoms with van der Waals surface area (Å²) < 4.78 is 13.9. The molecule has 0 atom stereocenters. The van der Waals surface area contributed by atoms with E-state index in [1.165, 1.54) is 12.1 Å². The van der Waals surface area contributed by atoms with Gasteiger partial charge >= 0.3 is 0 Å². The third kappa shape index (κ3) is 3.18. The summed E-state index contributed by atoms with van der Waals surface area (Å²) in [5, 5.41) is 20.7. The van der Waals surface area contributed by atoms with E-state index in [1.54, 1.807) is 12.3 Å². The third-order valence-corrected chi connectivity index (χ3v) is 5.97. The second kappa shape index (κ2) is 7.38. The van der Waals surface area contributed by atoms with Crippen LogP contribution in [-0.2, 0) is 0 Å². The summed E-state index contributed by atoms with van der Waals surface area (Å²) in [4.78, 5) is 17.3. The molecule has 1 aromatic carbocycles. The highest BCUT2D eigenvalue weighted by Gasteiger charge is 2.20. The van der Waals surface area contributed by atoms with Crippen LogP contribution < -0.4 is 5.32 Å². The fourth-order valence-corrected chi connectivity index (χ4v) is 4.39. The predicted octanol–water partition coefficient (Wildman–Crippen LogP) is 3.87. The smallest absolute Gasteiger partial charge is 0.161 e. The number of nitrogens with one attached hydrogen (secondary N) is 3. The number of phenols is 1. The Bertz CT molecular complexity index is 1430. The fraction of sp³-hybridized carbons (Fsp3) is 0.217. The van der Waals surface area contributed by atoms with Crippen LogP contribution in [0, 0.1) is 5.82 Å². The van der Waals surface area contributed by atoms with Gasteiger partial charge in [0.2, 0.25) is 0 Å². The van der Waals surface area contributed by atoms with E-state index in [0.717, 1.165) is 54.2 Å². The molecule has 1 aliphatic heterocycles. The maximum Gasteiger partial charge on any atom is 0.161 e. The molecule has 4 aromatic heterocycles. The van der Waals surface area contributed by atoms with E-state index >= 15 is 0 Å². The number of piperidine rings is 1. The molecule has 0 spiro atoms. The van der Waals surface area contributed by atoms with Gasteiger partial charge in [0, 0.05) is 29.4 Å². The lowest BCUT2D eigenvalue weighted by molar-refractivity contribution is 0.454. The Balaban J connectivity index is 1.47. The highest BCUT2D eigenvalue weighted by atomic mass is 19.1. The van der Waals surface area contributed by atoms with E-state index in [4.69, 9.17) is 9.97 Å². The summed E-state index contributed by atoms with van der Waals surface area (Å²) in [6.07, 6.45) is 3.75. The number of H-pyrrole nitrogens is 2. The number of aromatic amines is 2. The molecule has 5 heterocycles. The standard InChI is InChI=1S/C23H20FN7O/c24-14-9-13(10-15(32)11-14)19-20-17(5-8-26-19)28-23(29-20)22-21-18(30-31-22)2-1-16(27-21)12-3-6-25-7-4-12/h1-2,5,8-12,25,32H,3-4,6-7H2,(H,28,29)(H,30,31). The number of pyridine rings is 2. The molecule has 0 unspecified atom stereocenters. The van der Waals surface area contributed by atoms with E-state index in [0.29, 0.717) is 34.2 Å². The molecule has 0 aliphatic carbocycles. The van der Waals surface area contributed by atoms with E-state index in [9.17, 15) is 9.50 Å². The van der Waals surface area contributed by atoms with Gasteiger partial charge in [-0.05, 0) is 56.3 Å².